The van der Waals surface area contributed by atoms with Gasteiger partial charge < -0.3 is 9.64 Å². The number of carbonyl (C=O) groups is 1. The number of fused-ring (bicyclic) bond motifs is 1. The first-order chi connectivity index (χ1) is 12.3. The molecule has 6 nitrogen and oxygen atoms in total. The lowest BCUT2D eigenvalue weighted by Crippen LogP contribution is -2.35. The van der Waals surface area contributed by atoms with Gasteiger partial charge in [0, 0.05) is 31.9 Å². The second-order valence-electron chi connectivity index (χ2n) is 6.37. The van der Waals surface area contributed by atoms with Gasteiger partial charge in [-0.25, -0.2) is 12.7 Å². The molecule has 0 radical (unpaired) electrons. The molecule has 3 rings (SSSR count). The van der Waals surface area contributed by atoms with Crippen molar-refractivity contribution >= 4 is 21.6 Å². The molecule has 0 bridgehead atoms. The van der Waals surface area contributed by atoms with Crippen LogP contribution < -0.4 is 9.64 Å². The first-order valence-corrected chi connectivity index (χ1v) is 9.80. The molecule has 2 aromatic carbocycles. The van der Waals surface area contributed by atoms with E-state index in [-0.39, 0.29) is 10.8 Å². The Morgan fingerprint density at radius 1 is 1.12 bits per heavy atom. The van der Waals surface area contributed by atoms with Gasteiger partial charge in [-0.1, -0.05) is 0 Å². The number of aryl methyl sites for hydroxylation is 1. The van der Waals surface area contributed by atoms with Crippen LogP contribution in [0.25, 0.3) is 0 Å². The Labute approximate surface area is 154 Å². The van der Waals surface area contributed by atoms with E-state index in [0.29, 0.717) is 12.1 Å². The molecule has 0 saturated carbocycles. The van der Waals surface area contributed by atoms with E-state index in [2.05, 4.69) is 0 Å². The molecule has 0 aliphatic carbocycles. The quantitative estimate of drug-likeness (QED) is 0.825. The molecule has 0 spiro atoms. The van der Waals surface area contributed by atoms with Crippen LogP contribution >= 0.6 is 0 Å². The summed E-state index contributed by atoms with van der Waals surface area (Å²) in [6, 6.07) is 11.8. The molecule has 2 aromatic rings. The second-order valence-corrected chi connectivity index (χ2v) is 8.52. The van der Waals surface area contributed by atoms with Crippen molar-refractivity contribution in [3.63, 3.8) is 0 Å². The minimum Gasteiger partial charge on any atom is -0.497 e. The first kappa shape index (κ1) is 18.4. The van der Waals surface area contributed by atoms with Crippen LogP contribution in [0.4, 0.5) is 5.69 Å². The summed E-state index contributed by atoms with van der Waals surface area (Å²) in [6.45, 7) is 0.635. The maximum atomic E-state index is 12.9. The summed E-state index contributed by atoms with van der Waals surface area (Å²) in [5, 5.41) is 0. The van der Waals surface area contributed by atoms with Crippen LogP contribution in [0.3, 0.4) is 0 Å². The van der Waals surface area contributed by atoms with Gasteiger partial charge >= 0.3 is 0 Å². The van der Waals surface area contributed by atoms with Crippen molar-refractivity contribution in [2.45, 2.75) is 17.7 Å². The van der Waals surface area contributed by atoms with Crippen LogP contribution in [0, 0.1) is 0 Å². The molecule has 0 atom stereocenters. The van der Waals surface area contributed by atoms with Crippen molar-refractivity contribution < 1.29 is 17.9 Å². The molecule has 1 aliphatic rings. The Kier molecular flexibility index (Phi) is 5.02. The third kappa shape index (κ3) is 3.32. The van der Waals surface area contributed by atoms with E-state index in [1.807, 2.05) is 18.2 Å². The van der Waals surface area contributed by atoms with Crippen LogP contribution in [0.1, 0.15) is 22.3 Å². The summed E-state index contributed by atoms with van der Waals surface area (Å²) in [5.74, 6) is 0.640. The van der Waals surface area contributed by atoms with E-state index in [4.69, 9.17) is 4.74 Å². The van der Waals surface area contributed by atoms with E-state index in [1.54, 1.807) is 24.1 Å². The third-order valence-corrected chi connectivity index (χ3v) is 6.36. The third-order valence-electron chi connectivity index (χ3n) is 4.53. The zero-order chi connectivity index (χ0) is 18.9. The molecule has 0 unspecified atom stereocenters. The summed E-state index contributed by atoms with van der Waals surface area (Å²) < 4.78 is 30.7. The van der Waals surface area contributed by atoms with E-state index in [1.165, 1.54) is 26.2 Å². The molecule has 0 N–H and O–H groups in total. The Hall–Kier alpha value is -2.38. The number of ether oxygens (including phenoxy) is 1. The number of carbonyl (C=O) groups excluding carboxylic acids is 1. The van der Waals surface area contributed by atoms with Crippen molar-refractivity contribution in [3.05, 3.63) is 53.6 Å². The molecular weight excluding hydrogens is 352 g/mol. The lowest BCUT2D eigenvalue weighted by Gasteiger charge is -2.30. The van der Waals surface area contributed by atoms with Gasteiger partial charge in [-0.2, -0.15) is 0 Å². The van der Waals surface area contributed by atoms with Crippen molar-refractivity contribution in [2.24, 2.45) is 0 Å². The smallest absolute Gasteiger partial charge is 0.258 e. The standard InChI is InChI=1S/C19H22N2O4S/c1-20(2)26(23,24)17-9-6-14(7-10-17)19(22)21-12-4-5-15-13-16(25-3)8-11-18(15)21/h6-11,13H,4-5,12H2,1-3H3. The van der Waals surface area contributed by atoms with Crippen LogP contribution in [-0.4, -0.2) is 46.4 Å². The lowest BCUT2D eigenvalue weighted by atomic mass is 10.0. The number of hydrogen-bond acceptors (Lipinski definition) is 4. The summed E-state index contributed by atoms with van der Waals surface area (Å²) in [6.07, 6.45) is 1.77. The largest absolute Gasteiger partial charge is 0.497 e. The molecular formula is C19H22N2O4S. The second kappa shape index (κ2) is 7.09. The Bertz CT molecular complexity index is 921. The number of nitrogens with zero attached hydrogens (tertiary/aromatic N) is 2. The molecule has 1 amide bonds. The average molecular weight is 374 g/mol. The van der Waals surface area contributed by atoms with Crippen LogP contribution in [0.5, 0.6) is 5.75 Å². The maximum absolute atomic E-state index is 12.9. The summed E-state index contributed by atoms with van der Waals surface area (Å²) in [4.78, 5) is 14.9. The van der Waals surface area contributed by atoms with Gasteiger partial charge in [-0.05, 0) is 60.9 Å². The molecule has 1 aliphatic heterocycles. The average Bonchev–Trinajstić information content (AvgIpc) is 2.66. The minimum atomic E-state index is -3.51. The van der Waals surface area contributed by atoms with Crippen molar-refractivity contribution in [3.8, 4) is 5.75 Å². The number of benzene rings is 2. The highest BCUT2D eigenvalue weighted by Crippen LogP contribution is 2.31. The van der Waals surface area contributed by atoms with Gasteiger partial charge in [0.2, 0.25) is 10.0 Å². The molecule has 138 valence electrons. The summed E-state index contributed by atoms with van der Waals surface area (Å²) >= 11 is 0. The Morgan fingerprint density at radius 3 is 2.42 bits per heavy atom. The van der Waals surface area contributed by atoms with Crippen molar-refractivity contribution in [1.82, 2.24) is 4.31 Å². The lowest BCUT2D eigenvalue weighted by molar-refractivity contribution is 0.0985. The SMILES string of the molecule is COc1ccc2c(c1)CCCN2C(=O)c1ccc(S(=O)(=O)N(C)C)cc1. The Balaban J connectivity index is 1.89. The van der Waals surface area contributed by atoms with E-state index >= 15 is 0 Å². The fourth-order valence-electron chi connectivity index (χ4n) is 3.05. The predicted octanol–water partition coefficient (Wildman–Crippen LogP) is 2.54. The highest BCUT2D eigenvalue weighted by Gasteiger charge is 2.25. The number of rotatable bonds is 4. The Morgan fingerprint density at radius 2 is 1.81 bits per heavy atom. The fourth-order valence-corrected chi connectivity index (χ4v) is 3.95. The van der Waals surface area contributed by atoms with Gasteiger partial charge in [-0.15, -0.1) is 0 Å². The molecule has 0 saturated heterocycles. The minimum absolute atomic E-state index is 0.134. The zero-order valence-corrected chi connectivity index (χ0v) is 15.9. The van der Waals surface area contributed by atoms with Gasteiger partial charge in [-0.3, -0.25) is 4.79 Å². The number of sulfonamides is 1. The van der Waals surface area contributed by atoms with E-state index in [0.717, 1.165) is 34.1 Å². The van der Waals surface area contributed by atoms with Gasteiger partial charge in [0.05, 0.1) is 12.0 Å². The van der Waals surface area contributed by atoms with Crippen LogP contribution in [0.2, 0.25) is 0 Å². The number of anilines is 1. The molecule has 0 aromatic heterocycles. The molecule has 7 heteroatoms. The van der Waals surface area contributed by atoms with Crippen molar-refractivity contribution in [2.75, 3.05) is 32.6 Å². The van der Waals surface area contributed by atoms with E-state index in [9.17, 15) is 13.2 Å². The fraction of sp³-hybridized carbons (Fsp3) is 0.316. The molecule has 26 heavy (non-hydrogen) atoms. The number of amides is 1. The highest BCUT2D eigenvalue weighted by molar-refractivity contribution is 7.89. The normalized spacial score (nSPS) is 14.2. The first-order valence-electron chi connectivity index (χ1n) is 8.36. The number of hydrogen-bond donors (Lipinski definition) is 0. The monoisotopic (exact) mass is 374 g/mol. The van der Waals surface area contributed by atoms with Crippen LogP contribution in [0.15, 0.2) is 47.4 Å². The van der Waals surface area contributed by atoms with Crippen molar-refractivity contribution in [1.29, 1.82) is 0 Å². The topological polar surface area (TPSA) is 66.9 Å². The van der Waals surface area contributed by atoms with Gasteiger partial charge in [0.25, 0.3) is 5.91 Å². The van der Waals surface area contributed by atoms with Crippen LogP contribution in [-0.2, 0) is 16.4 Å². The van der Waals surface area contributed by atoms with E-state index < -0.39 is 10.0 Å². The van der Waals surface area contributed by atoms with Gasteiger partial charge in [0.15, 0.2) is 0 Å². The summed E-state index contributed by atoms with van der Waals surface area (Å²) in [5.41, 5.74) is 2.43. The zero-order valence-electron chi connectivity index (χ0n) is 15.1. The predicted molar refractivity (Wildman–Crippen MR) is 100 cm³/mol. The molecule has 0 fully saturated rings. The molecule has 1 heterocycles. The summed E-state index contributed by atoms with van der Waals surface area (Å²) in [7, 11) is 1.07. The highest BCUT2D eigenvalue weighted by atomic mass is 32.2. The maximum Gasteiger partial charge on any atom is 0.258 e. The van der Waals surface area contributed by atoms with Gasteiger partial charge in [0.1, 0.15) is 5.75 Å². The number of methoxy groups -OCH3 is 1.